The fourth-order valence-corrected chi connectivity index (χ4v) is 2.09. The molecule has 106 valence electrons. The Hall–Kier alpha value is -2.89. The molecule has 0 fully saturated rings. The van der Waals surface area contributed by atoms with Crippen LogP contribution < -0.4 is 10.1 Å². The van der Waals surface area contributed by atoms with E-state index in [-0.39, 0.29) is 12.3 Å². The summed E-state index contributed by atoms with van der Waals surface area (Å²) < 4.78 is 5.09. The summed E-state index contributed by atoms with van der Waals surface area (Å²) in [6.07, 6.45) is 0.290. The highest BCUT2D eigenvalue weighted by Gasteiger charge is 2.09. The molecule has 0 atom stereocenters. The lowest BCUT2D eigenvalue weighted by molar-refractivity contribution is -0.115. The maximum atomic E-state index is 12.1. The number of amides is 1. The topological polar surface area (TPSA) is 79.9 Å². The summed E-state index contributed by atoms with van der Waals surface area (Å²) in [7, 11) is 1.61. The highest BCUT2D eigenvalue weighted by atomic mass is 16.5. The molecule has 0 saturated heterocycles. The Kier molecular flexibility index (Phi) is 3.51. The van der Waals surface area contributed by atoms with Gasteiger partial charge in [0, 0.05) is 0 Å². The Morgan fingerprint density at radius 3 is 2.76 bits per heavy atom. The van der Waals surface area contributed by atoms with Crippen LogP contribution in [0.4, 0.5) is 5.69 Å². The van der Waals surface area contributed by atoms with Crippen LogP contribution in [0.25, 0.3) is 11.0 Å². The molecule has 0 unspecified atom stereocenters. The number of carbonyl (C=O) groups is 1. The molecule has 21 heavy (non-hydrogen) atoms. The second-order valence-electron chi connectivity index (χ2n) is 4.57. The second kappa shape index (κ2) is 5.62. The van der Waals surface area contributed by atoms with Crippen molar-refractivity contribution in [3.05, 3.63) is 48.0 Å². The van der Waals surface area contributed by atoms with Crippen molar-refractivity contribution in [1.29, 1.82) is 0 Å². The van der Waals surface area contributed by atoms with Crippen LogP contribution in [0.15, 0.2) is 42.5 Å². The van der Waals surface area contributed by atoms with Crippen molar-refractivity contribution in [1.82, 2.24) is 15.4 Å². The molecule has 0 aliphatic heterocycles. The lowest BCUT2D eigenvalue weighted by Gasteiger charge is -2.06. The van der Waals surface area contributed by atoms with Gasteiger partial charge in [-0.1, -0.05) is 18.2 Å². The smallest absolute Gasteiger partial charge is 0.228 e. The van der Waals surface area contributed by atoms with Crippen LogP contribution in [0.1, 0.15) is 5.56 Å². The predicted octanol–water partition coefficient (Wildman–Crippen LogP) is 2.15. The molecule has 3 aromatic rings. The highest BCUT2D eigenvalue weighted by molar-refractivity contribution is 5.99. The first-order valence-corrected chi connectivity index (χ1v) is 6.48. The van der Waals surface area contributed by atoms with Gasteiger partial charge in [-0.2, -0.15) is 15.4 Å². The monoisotopic (exact) mass is 282 g/mol. The molecule has 0 saturated carbocycles. The number of nitrogens with zero attached hydrogens (tertiary/aromatic N) is 2. The van der Waals surface area contributed by atoms with E-state index in [4.69, 9.17) is 4.74 Å². The molecule has 2 N–H and O–H groups in total. The average molecular weight is 282 g/mol. The van der Waals surface area contributed by atoms with E-state index in [9.17, 15) is 4.79 Å². The third-order valence-corrected chi connectivity index (χ3v) is 3.14. The van der Waals surface area contributed by atoms with Gasteiger partial charge in [0.15, 0.2) is 0 Å². The lowest BCUT2D eigenvalue weighted by Crippen LogP contribution is -2.14. The van der Waals surface area contributed by atoms with Crippen LogP contribution in [0.5, 0.6) is 5.75 Å². The molecular weight excluding hydrogens is 268 g/mol. The largest absolute Gasteiger partial charge is 0.497 e. The van der Waals surface area contributed by atoms with E-state index >= 15 is 0 Å². The number of H-pyrrole nitrogens is 1. The van der Waals surface area contributed by atoms with Gasteiger partial charge >= 0.3 is 0 Å². The number of hydrogen-bond donors (Lipinski definition) is 2. The number of benzene rings is 2. The Balaban J connectivity index is 1.72. The minimum absolute atomic E-state index is 0.101. The van der Waals surface area contributed by atoms with Gasteiger partial charge in [0.05, 0.1) is 19.2 Å². The Morgan fingerprint density at radius 2 is 2.00 bits per heavy atom. The van der Waals surface area contributed by atoms with Crippen molar-refractivity contribution < 1.29 is 9.53 Å². The van der Waals surface area contributed by atoms with Gasteiger partial charge in [0.1, 0.15) is 16.8 Å². The Labute approximate surface area is 121 Å². The molecule has 3 rings (SSSR count). The number of carbonyl (C=O) groups excluding carboxylic acids is 1. The van der Waals surface area contributed by atoms with Crippen molar-refractivity contribution in [2.75, 3.05) is 12.4 Å². The zero-order valence-corrected chi connectivity index (χ0v) is 11.5. The molecule has 0 spiro atoms. The van der Waals surface area contributed by atoms with Crippen LogP contribution in [0.2, 0.25) is 0 Å². The summed E-state index contributed by atoms with van der Waals surface area (Å²) in [5.41, 5.74) is 2.94. The second-order valence-corrected chi connectivity index (χ2v) is 4.57. The van der Waals surface area contributed by atoms with Crippen LogP contribution in [0.3, 0.4) is 0 Å². The zero-order chi connectivity index (χ0) is 14.7. The maximum absolute atomic E-state index is 12.1. The van der Waals surface area contributed by atoms with E-state index in [0.29, 0.717) is 11.2 Å². The normalized spacial score (nSPS) is 10.5. The number of nitrogens with one attached hydrogen (secondary N) is 2. The number of anilines is 1. The number of aromatic nitrogens is 3. The molecule has 1 amide bonds. The van der Waals surface area contributed by atoms with E-state index in [0.717, 1.165) is 16.8 Å². The molecule has 2 aromatic carbocycles. The predicted molar refractivity (Wildman–Crippen MR) is 79.2 cm³/mol. The molecule has 6 nitrogen and oxygen atoms in total. The molecule has 0 bridgehead atoms. The molecular formula is C15H14N4O2. The summed E-state index contributed by atoms with van der Waals surface area (Å²) in [5.74, 6) is 0.669. The number of ether oxygens (including phenoxy) is 1. The maximum Gasteiger partial charge on any atom is 0.228 e. The number of rotatable bonds is 4. The van der Waals surface area contributed by atoms with Crippen LogP contribution in [0, 0.1) is 0 Å². The number of para-hydroxylation sites is 1. The first kappa shape index (κ1) is 13.1. The fourth-order valence-electron chi connectivity index (χ4n) is 2.09. The van der Waals surface area contributed by atoms with E-state index in [2.05, 4.69) is 20.7 Å². The SMILES string of the molecule is COc1ccc(CC(=O)Nc2cccc3n[nH]nc23)cc1. The third-order valence-electron chi connectivity index (χ3n) is 3.14. The minimum Gasteiger partial charge on any atom is -0.497 e. The number of fused-ring (bicyclic) bond motifs is 1. The van der Waals surface area contributed by atoms with Crippen LogP contribution in [-0.2, 0) is 11.2 Å². The quantitative estimate of drug-likeness (QED) is 0.768. The fraction of sp³-hybridized carbons (Fsp3) is 0.133. The zero-order valence-electron chi connectivity index (χ0n) is 11.5. The van der Waals surface area contributed by atoms with Gasteiger partial charge in [0.2, 0.25) is 5.91 Å². The average Bonchev–Trinajstić information content (AvgIpc) is 2.97. The van der Waals surface area contributed by atoms with E-state index in [1.165, 1.54) is 0 Å². The van der Waals surface area contributed by atoms with Gasteiger partial charge < -0.3 is 10.1 Å². The Morgan fingerprint density at radius 1 is 1.19 bits per heavy atom. The van der Waals surface area contributed by atoms with Crippen LogP contribution in [-0.4, -0.2) is 28.4 Å². The van der Waals surface area contributed by atoms with Gasteiger partial charge in [-0.15, -0.1) is 0 Å². The van der Waals surface area contributed by atoms with Gasteiger partial charge in [-0.05, 0) is 29.8 Å². The van der Waals surface area contributed by atoms with Crippen LogP contribution >= 0.6 is 0 Å². The summed E-state index contributed by atoms with van der Waals surface area (Å²) in [5, 5.41) is 13.4. The van der Waals surface area contributed by atoms with Gasteiger partial charge in [-0.3, -0.25) is 4.79 Å². The molecule has 1 aromatic heterocycles. The molecule has 0 aliphatic rings. The molecule has 1 heterocycles. The lowest BCUT2D eigenvalue weighted by atomic mass is 10.1. The summed E-state index contributed by atoms with van der Waals surface area (Å²) in [6, 6.07) is 12.9. The van der Waals surface area contributed by atoms with Crippen molar-refractivity contribution in [3.63, 3.8) is 0 Å². The molecule has 0 radical (unpaired) electrons. The Bertz CT molecular complexity index is 765. The number of aromatic amines is 1. The van der Waals surface area contributed by atoms with Crippen molar-refractivity contribution in [3.8, 4) is 5.75 Å². The third kappa shape index (κ3) is 2.84. The number of hydrogen-bond acceptors (Lipinski definition) is 4. The first-order chi connectivity index (χ1) is 10.3. The first-order valence-electron chi connectivity index (χ1n) is 6.48. The molecule has 6 heteroatoms. The van der Waals surface area contributed by atoms with Crippen molar-refractivity contribution in [2.24, 2.45) is 0 Å². The van der Waals surface area contributed by atoms with E-state index in [1.807, 2.05) is 36.4 Å². The van der Waals surface area contributed by atoms with E-state index in [1.54, 1.807) is 13.2 Å². The standard InChI is InChI=1S/C15H14N4O2/c1-21-11-7-5-10(6-8-11)9-14(20)16-12-3-2-4-13-15(12)18-19-17-13/h2-8H,9H2,1H3,(H,16,20)(H,17,18,19). The number of methoxy groups -OCH3 is 1. The van der Waals surface area contributed by atoms with Crippen molar-refractivity contribution in [2.45, 2.75) is 6.42 Å². The summed E-state index contributed by atoms with van der Waals surface area (Å²) in [6.45, 7) is 0. The summed E-state index contributed by atoms with van der Waals surface area (Å²) in [4.78, 5) is 12.1. The highest BCUT2D eigenvalue weighted by Crippen LogP contribution is 2.19. The molecule has 0 aliphatic carbocycles. The minimum atomic E-state index is -0.101. The van der Waals surface area contributed by atoms with Crippen molar-refractivity contribution >= 4 is 22.6 Å². The summed E-state index contributed by atoms with van der Waals surface area (Å²) >= 11 is 0. The van der Waals surface area contributed by atoms with E-state index < -0.39 is 0 Å². The van der Waals surface area contributed by atoms with Gasteiger partial charge in [0.25, 0.3) is 0 Å². The van der Waals surface area contributed by atoms with Gasteiger partial charge in [-0.25, -0.2) is 0 Å².